The molecule has 0 saturated carbocycles. The second kappa shape index (κ2) is 6.03. The molecular weight excluding hydrogens is 310 g/mol. The van der Waals surface area contributed by atoms with E-state index in [1.54, 1.807) is 39.0 Å². The summed E-state index contributed by atoms with van der Waals surface area (Å²) in [6.07, 6.45) is 1.57. The van der Waals surface area contributed by atoms with Gasteiger partial charge in [-0.15, -0.1) is 0 Å². The molecule has 1 saturated heterocycles. The summed E-state index contributed by atoms with van der Waals surface area (Å²) in [6.45, 7) is 5.21. The Morgan fingerprint density at radius 2 is 2.14 bits per heavy atom. The minimum Gasteiger partial charge on any atom is -0.548 e. The van der Waals surface area contributed by atoms with Crippen LogP contribution in [0.5, 0.6) is 0 Å². The Balaban J connectivity index is 2.32. The number of furan rings is 1. The van der Waals surface area contributed by atoms with E-state index in [0.29, 0.717) is 10.7 Å². The van der Waals surface area contributed by atoms with E-state index in [1.807, 2.05) is 0 Å². The molecule has 2 rings (SSSR count). The van der Waals surface area contributed by atoms with Crippen molar-refractivity contribution in [2.75, 3.05) is 0 Å². The normalized spacial score (nSPS) is 18.9. The largest absolute Gasteiger partial charge is 0.548 e. The van der Waals surface area contributed by atoms with Gasteiger partial charge < -0.3 is 14.3 Å². The molecule has 1 aliphatic heterocycles. The number of hydrogen-bond acceptors (Lipinski definition) is 6. The molecule has 1 unspecified atom stereocenters. The number of hydrogen-bond donors (Lipinski definition) is 0. The van der Waals surface area contributed by atoms with Crippen molar-refractivity contribution >= 4 is 46.3 Å². The van der Waals surface area contributed by atoms with Crippen molar-refractivity contribution in [3.8, 4) is 0 Å². The molecule has 1 aromatic rings. The molecule has 0 aliphatic carbocycles. The number of carbonyl (C=O) groups is 2. The fourth-order valence-corrected chi connectivity index (χ4v) is 3.37. The standard InChI is InChI=1S/C14H15NO4S2/c1-7(2)11(13(17)18)15-12(16)10(21-14(15)20)6-9-5-4-8(3)19-9/h4-7,11H,1-3H3,(H,17,18)/p-1. The molecule has 1 fully saturated rings. The van der Waals surface area contributed by atoms with E-state index in [-0.39, 0.29) is 10.2 Å². The van der Waals surface area contributed by atoms with Crippen LogP contribution in [0.2, 0.25) is 0 Å². The smallest absolute Gasteiger partial charge is 0.266 e. The summed E-state index contributed by atoms with van der Waals surface area (Å²) in [6, 6.07) is 2.45. The molecule has 0 spiro atoms. The van der Waals surface area contributed by atoms with Gasteiger partial charge in [-0.3, -0.25) is 9.69 Å². The fourth-order valence-electron chi connectivity index (χ4n) is 2.06. The molecule has 1 aliphatic rings. The highest BCUT2D eigenvalue weighted by molar-refractivity contribution is 8.26. The zero-order valence-corrected chi connectivity index (χ0v) is 13.4. The SMILES string of the molecule is Cc1ccc(C=C2SC(=S)N(C(C(=O)[O-])C(C)C)C2=O)o1. The number of thiocarbonyl (C=S) groups is 1. The molecule has 1 atom stereocenters. The maximum atomic E-state index is 12.4. The second-order valence-corrected chi connectivity index (χ2v) is 6.68. The van der Waals surface area contributed by atoms with Crippen molar-refractivity contribution in [2.45, 2.75) is 26.8 Å². The zero-order valence-electron chi connectivity index (χ0n) is 11.8. The zero-order chi connectivity index (χ0) is 15.7. The van der Waals surface area contributed by atoms with Gasteiger partial charge in [0.05, 0.1) is 16.9 Å². The third-order valence-corrected chi connectivity index (χ3v) is 4.34. The van der Waals surface area contributed by atoms with Crippen molar-refractivity contribution in [1.82, 2.24) is 4.90 Å². The molecule has 2 heterocycles. The third-order valence-electron chi connectivity index (χ3n) is 3.01. The maximum absolute atomic E-state index is 12.4. The van der Waals surface area contributed by atoms with Crippen LogP contribution in [0.25, 0.3) is 6.08 Å². The average Bonchev–Trinajstić information content (AvgIpc) is 2.88. The van der Waals surface area contributed by atoms with Gasteiger partial charge in [-0.05, 0) is 25.0 Å². The summed E-state index contributed by atoms with van der Waals surface area (Å²) >= 11 is 6.20. The predicted octanol–water partition coefficient (Wildman–Crippen LogP) is 1.56. The molecule has 5 nitrogen and oxygen atoms in total. The van der Waals surface area contributed by atoms with Crippen LogP contribution in [0.4, 0.5) is 0 Å². The Morgan fingerprint density at radius 3 is 2.62 bits per heavy atom. The lowest BCUT2D eigenvalue weighted by Gasteiger charge is -2.30. The van der Waals surface area contributed by atoms with E-state index < -0.39 is 17.9 Å². The van der Waals surface area contributed by atoms with Crippen LogP contribution in [0.3, 0.4) is 0 Å². The Hall–Kier alpha value is -1.60. The number of thioether (sulfide) groups is 1. The Labute approximate surface area is 132 Å². The van der Waals surface area contributed by atoms with Crippen LogP contribution < -0.4 is 5.11 Å². The molecule has 0 N–H and O–H groups in total. The van der Waals surface area contributed by atoms with Gasteiger partial charge in [-0.2, -0.15) is 0 Å². The predicted molar refractivity (Wildman–Crippen MR) is 82.1 cm³/mol. The second-order valence-electron chi connectivity index (χ2n) is 5.01. The monoisotopic (exact) mass is 324 g/mol. The van der Waals surface area contributed by atoms with E-state index in [4.69, 9.17) is 16.6 Å². The van der Waals surface area contributed by atoms with Gasteiger partial charge in [-0.25, -0.2) is 0 Å². The van der Waals surface area contributed by atoms with Gasteiger partial charge >= 0.3 is 0 Å². The van der Waals surface area contributed by atoms with Crippen LogP contribution >= 0.6 is 24.0 Å². The first-order valence-corrected chi connectivity index (χ1v) is 7.58. The Bertz CT molecular complexity index is 633. The van der Waals surface area contributed by atoms with Gasteiger partial charge in [0.1, 0.15) is 15.8 Å². The van der Waals surface area contributed by atoms with E-state index in [1.165, 1.54) is 0 Å². The topological polar surface area (TPSA) is 73.6 Å². The Kier molecular flexibility index (Phi) is 4.53. The number of aryl methyl sites for hydroxylation is 1. The van der Waals surface area contributed by atoms with Crippen LogP contribution in [-0.2, 0) is 9.59 Å². The lowest BCUT2D eigenvalue weighted by atomic mass is 10.0. The van der Waals surface area contributed by atoms with E-state index in [9.17, 15) is 14.7 Å². The van der Waals surface area contributed by atoms with Gasteiger partial charge in [0.25, 0.3) is 5.91 Å². The number of carbonyl (C=O) groups excluding carboxylic acids is 2. The molecule has 1 amide bonds. The first kappa shape index (κ1) is 15.8. The molecule has 0 radical (unpaired) electrons. The molecule has 112 valence electrons. The minimum atomic E-state index is -1.31. The van der Waals surface area contributed by atoms with Gasteiger partial charge in [0, 0.05) is 6.08 Å². The lowest BCUT2D eigenvalue weighted by Crippen LogP contribution is -2.52. The fraction of sp³-hybridized carbons (Fsp3) is 0.357. The number of nitrogens with zero attached hydrogens (tertiary/aromatic N) is 1. The van der Waals surface area contributed by atoms with Gasteiger partial charge in [-0.1, -0.05) is 37.8 Å². The molecular formula is C14H14NO4S2-. The highest BCUT2D eigenvalue weighted by Crippen LogP contribution is 2.35. The summed E-state index contributed by atoms with van der Waals surface area (Å²) in [5.41, 5.74) is 0. The summed E-state index contributed by atoms with van der Waals surface area (Å²) < 4.78 is 5.61. The van der Waals surface area contributed by atoms with Crippen molar-refractivity contribution in [2.24, 2.45) is 5.92 Å². The molecule has 7 heteroatoms. The minimum absolute atomic E-state index is 0.220. The van der Waals surface area contributed by atoms with Crippen LogP contribution in [0.15, 0.2) is 21.5 Å². The Morgan fingerprint density at radius 1 is 1.48 bits per heavy atom. The molecule has 0 bridgehead atoms. The first-order valence-electron chi connectivity index (χ1n) is 6.35. The van der Waals surface area contributed by atoms with Crippen molar-refractivity contribution in [3.05, 3.63) is 28.6 Å². The highest BCUT2D eigenvalue weighted by Gasteiger charge is 2.39. The number of rotatable bonds is 4. The summed E-state index contributed by atoms with van der Waals surface area (Å²) in [7, 11) is 0. The first-order chi connectivity index (χ1) is 9.81. The van der Waals surface area contributed by atoms with Crippen LogP contribution in [-0.4, -0.2) is 27.1 Å². The van der Waals surface area contributed by atoms with Gasteiger partial charge in [0.2, 0.25) is 0 Å². The molecule has 0 aromatic carbocycles. The third kappa shape index (κ3) is 3.19. The van der Waals surface area contributed by atoms with Crippen molar-refractivity contribution < 1.29 is 19.1 Å². The van der Waals surface area contributed by atoms with Crippen molar-refractivity contribution in [3.63, 3.8) is 0 Å². The summed E-state index contributed by atoms with van der Waals surface area (Å²) in [5, 5.41) is 11.3. The van der Waals surface area contributed by atoms with E-state index >= 15 is 0 Å². The quantitative estimate of drug-likeness (QED) is 0.618. The number of aliphatic carboxylic acids is 1. The van der Waals surface area contributed by atoms with Crippen LogP contribution in [0.1, 0.15) is 25.4 Å². The summed E-state index contributed by atoms with van der Waals surface area (Å²) in [4.78, 5) is 25.1. The highest BCUT2D eigenvalue weighted by atomic mass is 32.2. The lowest BCUT2D eigenvalue weighted by molar-refractivity contribution is -0.311. The maximum Gasteiger partial charge on any atom is 0.266 e. The number of amides is 1. The summed E-state index contributed by atoms with van der Waals surface area (Å²) in [5.74, 6) is -0.782. The molecule has 21 heavy (non-hydrogen) atoms. The number of carboxylic acid groups (broad SMARTS) is 1. The van der Waals surface area contributed by atoms with E-state index in [2.05, 4.69) is 0 Å². The van der Waals surface area contributed by atoms with Crippen LogP contribution in [0, 0.1) is 12.8 Å². The average molecular weight is 324 g/mol. The van der Waals surface area contributed by atoms with Gasteiger partial charge in [0.15, 0.2) is 0 Å². The van der Waals surface area contributed by atoms with Crippen molar-refractivity contribution in [1.29, 1.82) is 0 Å². The van der Waals surface area contributed by atoms with E-state index in [0.717, 1.165) is 22.4 Å². The molecule has 1 aromatic heterocycles. The number of carboxylic acids is 1.